The molecule has 3 aliphatic rings. The van der Waals surface area contributed by atoms with Gasteiger partial charge in [0.05, 0.1) is 23.2 Å². The van der Waals surface area contributed by atoms with Crippen LogP contribution in [0.2, 0.25) is 0 Å². The summed E-state index contributed by atoms with van der Waals surface area (Å²) in [5.74, 6) is 1.53. The topological polar surface area (TPSA) is 66.9 Å². The van der Waals surface area contributed by atoms with E-state index in [2.05, 4.69) is 4.90 Å². The highest BCUT2D eigenvalue weighted by Gasteiger charge is 2.34. The van der Waals surface area contributed by atoms with Crippen LogP contribution in [0.4, 0.5) is 0 Å². The molecular weight excluding hydrogens is 396 g/mol. The van der Waals surface area contributed by atoms with Crippen molar-refractivity contribution in [1.29, 1.82) is 0 Å². The Labute approximate surface area is 171 Å². The number of rotatable bonds is 5. The van der Waals surface area contributed by atoms with Gasteiger partial charge >= 0.3 is 0 Å². The lowest BCUT2D eigenvalue weighted by atomic mass is 10.1. The van der Waals surface area contributed by atoms with Gasteiger partial charge in [-0.2, -0.15) is 0 Å². The molecule has 8 heteroatoms. The number of amides is 1. The first-order valence-electron chi connectivity index (χ1n) is 10.1. The summed E-state index contributed by atoms with van der Waals surface area (Å²) >= 11 is 1.71. The van der Waals surface area contributed by atoms with Crippen molar-refractivity contribution in [3.05, 3.63) is 29.8 Å². The SMILES string of the molecule is O=C(c1ccccc1SC[C@H]1CCCO1)N1CCN([C@H]2CCS(=O)(=O)C2)CC1. The third kappa shape index (κ3) is 4.72. The molecule has 4 rings (SSSR count). The zero-order chi connectivity index (χ0) is 19.6. The molecule has 0 bridgehead atoms. The summed E-state index contributed by atoms with van der Waals surface area (Å²) in [5, 5.41) is 0. The summed E-state index contributed by atoms with van der Waals surface area (Å²) < 4.78 is 29.2. The van der Waals surface area contributed by atoms with Gasteiger partial charge in [0, 0.05) is 49.5 Å². The van der Waals surface area contributed by atoms with E-state index >= 15 is 0 Å². The van der Waals surface area contributed by atoms with Gasteiger partial charge in [0.2, 0.25) is 0 Å². The van der Waals surface area contributed by atoms with Gasteiger partial charge in [0.15, 0.2) is 9.84 Å². The Balaban J connectivity index is 1.35. The highest BCUT2D eigenvalue weighted by atomic mass is 32.2. The van der Waals surface area contributed by atoms with E-state index in [0.29, 0.717) is 24.9 Å². The number of thioether (sulfide) groups is 1. The standard InChI is InChI=1S/C20H28N2O4S2/c23-20(18-5-1-2-6-19(18)27-14-17-4-3-12-26-17)22-10-8-21(9-11-22)16-7-13-28(24,25)15-16/h1-2,5-6,16-17H,3-4,7-15H2/t16-,17+/m0/s1. The number of sulfone groups is 1. The average molecular weight is 425 g/mol. The molecule has 0 aliphatic carbocycles. The van der Waals surface area contributed by atoms with Gasteiger partial charge in [-0.25, -0.2) is 8.42 Å². The van der Waals surface area contributed by atoms with Crippen molar-refractivity contribution in [1.82, 2.24) is 9.80 Å². The fraction of sp³-hybridized carbons (Fsp3) is 0.650. The molecule has 0 spiro atoms. The molecule has 0 aromatic heterocycles. The summed E-state index contributed by atoms with van der Waals surface area (Å²) in [6, 6.07) is 7.95. The van der Waals surface area contributed by atoms with Crippen LogP contribution in [0, 0.1) is 0 Å². The molecule has 1 amide bonds. The Bertz CT molecular complexity index is 800. The van der Waals surface area contributed by atoms with E-state index in [9.17, 15) is 13.2 Å². The Kier molecular flexibility index (Phi) is 6.30. The maximum Gasteiger partial charge on any atom is 0.255 e. The minimum atomic E-state index is -2.87. The number of carbonyl (C=O) groups excluding carboxylic acids is 1. The Hall–Kier alpha value is -1.09. The molecule has 0 saturated carbocycles. The molecule has 28 heavy (non-hydrogen) atoms. The summed E-state index contributed by atoms with van der Waals surface area (Å²) in [7, 11) is -2.87. The van der Waals surface area contributed by atoms with Gasteiger partial charge in [-0.1, -0.05) is 12.1 Å². The first-order valence-corrected chi connectivity index (χ1v) is 12.9. The van der Waals surface area contributed by atoms with Crippen LogP contribution in [-0.4, -0.2) is 86.3 Å². The van der Waals surface area contributed by atoms with E-state index < -0.39 is 9.84 Å². The summed E-state index contributed by atoms with van der Waals surface area (Å²) in [6.45, 7) is 3.65. The van der Waals surface area contributed by atoms with E-state index in [1.807, 2.05) is 29.2 Å². The molecule has 3 heterocycles. The van der Waals surface area contributed by atoms with Gasteiger partial charge in [0.1, 0.15) is 0 Å². The Morgan fingerprint density at radius 3 is 2.61 bits per heavy atom. The molecule has 0 N–H and O–H groups in total. The molecule has 154 valence electrons. The smallest absolute Gasteiger partial charge is 0.255 e. The van der Waals surface area contributed by atoms with Crippen molar-refractivity contribution < 1.29 is 17.9 Å². The second-order valence-corrected chi connectivity index (χ2v) is 11.1. The first kappa shape index (κ1) is 20.2. The maximum absolute atomic E-state index is 13.1. The highest BCUT2D eigenvalue weighted by Crippen LogP contribution is 2.28. The minimum Gasteiger partial charge on any atom is -0.377 e. The number of hydrogen-bond donors (Lipinski definition) is 0. The number of piperazine rings is 1. The number of carbonyl (C=O) groups is 1. The predicted molar refractivity (Wildman–Crippen MR) is 111 cm³/mol. The van der Waals surface area contributed by atoms with E-state index in [1.54, 1.807) is 11.8 Å². The van der Waals surface area contributed by atoms with Crippen molar-refractivity contribution in [3.8, 4) is 0 Å². The van der Waals surface area contributed by atoms with Crippen molar-refractivity contribution in [2.45, 2.75) is 36.3 Å². The van der Waals surface area contributed by atoms with Crippen LogP contribution >= 0.6 is 11.8 Å². The van der Waals surface area contributed by atoms with Gasteiger partial charge < -0.3 is 9.64 Å². The van der Waals surface area contributed by atoms with Crippen LogP contribution in [0.25, 0.3) is 0 Å². The fourth-order valence-corrected chi connectivity index (χ4v) is 7.13. The largest absolute Gasteiger partial charge is 0.377 e. The maximum atomic E-state index is 13.1. The highest BCUT2D eigenvalue weighted by molar-refractivity contribution is 7.99. The molecule has 1 aromatic rings. The zero-order valence-electron chi connectivity index (χ0n) is 16.1. The lowest BCUT2D eigenvalue weighted by molar-refractivity contribution is 0.0584. The summed E-state index contributed by atoms with van der Waals surface area (Å²) in [4.78, 5) is 18.3. The predicted octanol–water partition coefficient (Wildman–Crippen LogP) is 1.90. The van der Waals surface area contributed by atoms with Crippen LogP contribution in [-0.2, 0) is 14.6 Å². The van der Waals surface area contributed by atoms with E-state index in [1.165, 1.54) is 0 Å². The van der Waals surface area contributed by atoms with Gasteiger partial charge in [-0.05, 0) is 31.4 Å². The molecule has 3 fully saturated rings. The fourth-order valence-electron chi connectivity index (χ4n) is 4.25. The number of nitrogens with zero attached hydrogens (tertiary/aromatic N) is 2. The van der Waals surface area contributed by atoms with Crippen molar-refractivity contribution in [2.75, 3.05) is 50.0 Å². The number of hydrogen-bond acceptors (Lipinski definition) is 6. The molecule has 6 nitrogen and oxygen atoms in total. The molecule has 3 aliphatic heterocycles. The van der Waals surface area contributed by atoms with Crippen LogP contribution in [0.15, 0.2) is 29.2 Å². The zero-order valence-corrected chi connectivity index (χ0v) is 17.7. The first-order chi connectivity index (χ1) is 13.5. The lowest BCUT2D eigenvalue weighted by Gasteiger charge is -2.37. The quantitative estimate of drug-likeness (QED) is 0.673. The van der Waals surface area contributed by atoms with Crippen molar-refractivity contribution >= 4 is 27.5 Å². The second-order valence-electron chi connectivity index (χ2n) is 7.83. The van der Waals surface area contributed by atoms with Crippen LogP contribution in [0.1, 0.15) is 29.6 Å². The monoisotopic (exact) mass is 424 g/mol. The molecular formula is C20H28N2O4S2. The lowest BCUT2D eigenvalue weighted by Crippen LogP contribution is -2.52. The van der Waals surface area contributed by atoms with Crippen LogP contribution < -0.4 is 0 Å². The van der Waals surface area contributed by atoms with E-state index in [0.717, 1.165) is 55.2 Å². The third-order valence-corrected chi connectivity index (χ3v) is 8.85. The Morgan fingerprint density at radius 1 is 1.14 bits per heavy atom. The number of ether oxygens (including phenoxy) is 1. The molecule has 1 aromatic carbocycles. The van der Waals surface area contributed by atoms with E-state index in [4.69, 9.17) is 4.74 Å². The second kappa shape index (κ2) is 8.73. The van der Waals surface area contributed by atoms with Crippen LogP contribution in [0.5, 0.6) is 0 Å². The normalized spacial score (nSPS) is 27.9. The van der Waals surface area contributed by atoms with Gasteiger partial charge in [0.25, 0.3) is 5.91 Å². The Morgan fingerprint density at radius 2 is 1.93 bits per heavy atom. The summed E-state index contributed by atoms with van der Waals surface area (Å²) in [5.41, 5.74) is 0.766. The van der Waals surface area contributed by atoms with Gasteiger partial charge in [-0.3, -0.25) is 9.69 Å². The van der Waals surface area contributed by atoms with Crippen molar-refractivity contribution in [3.63, 3.8) is 0 Å². The number of benzene rings is 1. The van der Waals surface area contributed by atoms with Crippen LogP contribution in [0.3, 0.4) is 0 Å². The molecule has 0 unspecified atom stereocenters. The third-order valence-electron chi connectivity index (χ3n) is 5.89. The minimum absolute atomic E-state index is 0.0779. The van der Waals surface area contributed by atoms with Crippen molar-refractivity contribution in [2.24, 2.45) is 0 Å². The van der Waals surface area contributed by atoms with E-state index in [-0.39, 0.29) is 17.7 Å². The molecule has 3 saturated heterocycles. The summed E-state index contributed by atoms with van der Waals surface area (Å²) in [6.07, 6.45) is 3.23. The molecule has 2 atom stereocenters. The molecule has 0 radical (unpaired) electrons. The van der Waals surface area contributed by atoms with Gasteiger partial charge in [-0.15, -0.1) is 11.8 Å². The average Bonchev–Trinajstić information content (AvgIpc) is 3.35.